The van der Waals surface area contributed by atoms with Gasteiger partial charge in [-0.3, -0.25) is 19.8 Å². The number of benzene rings is 1. The molecule has 1 amide bonds. The minimum Gasteiger partial charge on any atom is -0.379 e. The van der Waals surface area contributed by atoms with Crippen LogP contribution in [0.3, 0.4) is 0 Å². The highest BCUT2D eigenvalue weighted by Gasteiger charge is 2.38. The number of ether oxygens (including phenoxy) is 1. The van der Waals surface area contributed by atoms with Crippen molar-refractivity contribution in [2.24, 2.45) is 0 Å². The van der Waals surface area contributed by atoms with Crippen molar-refractivity contribution in [2.75, 3.05) is 32.8 Å². The van der Waals surface area contributed by atoms with Crippen LogP contribution in [-0.4, -0.2) is 54.1 Å². The average molecular weight is 361 g/mol. The largest absolute Gasteiger partial charge is 0.379 e. The Bertz CT molecular complexity index is 665. The van der Waals surface area contributed by atoms with E-state index in [2.05, 4.69) is 10.2 Å². The van der Waals surface area contributed by atoms with Gasteiger partial charge in [0.25, 0.3) is 11.6 Å². The molecular formula is C19H27N3O4. The van der Waals surface area contributed by atoms with Gasteiger partial charge in [0.2, 0.25) is 0 Å². The number of carbonyl (C=O) groups excluding carboxylic acids is 1. The van der Waals surface area contributed by atoms with Crippen LogP contribution in [0.5, 0.6) is 0 Å². The van der Waals surface area contributed by atoms with Crippen LogP contribution in [-0.2, 0) is 4.74 Å². The molecule has 0 aromatic heterocycles. The minimum absolute atomic E-state index is 0.00745. The molecule has 1 heterocycles. The highest BCUT2D eigenvalue weighted by molar-refractivity contribution is 5.94. The maximum Gasteiger partial charge on any atom is 0.272 e. The van der Waals surface area contributed by atoms with Crippen LogP contribution < -0.4 is 5.32 Å². The Morgan fingerprint density at radius 1 is 1.27 bits per heavy atom. The second-order valence-corrected chi connectivity index (χ2v) is 7.33. The third-order valence-electron chi connectivity index (χ3n) is 5.70. The molecule has 7 nitrogen and oxygen atoms in total. The van der Waals surface area contributed by atoms with Crippen molar-refractivity contribution >= 4 is 11.6 Å². The molecule has 3 rings (SSSR count). The molecule has 2 fully saturated rings. The highest BCUT2D eigenvalue weighted by Crippen LogP contribution is 2.34. The van der Waals surface area contributed by atoms with E-state index in [4.69, 9.17) is 4.74 Å². The predicted molar refractivity (Wildman–Crippen MR) is 98.4 cm³/mol. The molecule has 142 valence electrons. The van der Waals surface area contributed by atoms with Crippen molar-refractivity contribution in [3.8, 4) is 0 Å². The van der Waals surface area contributed by atoms with Gasteiger partial charge >= 0.3 is 0 Å². The monoisotopic (exact) mass is 361 g/mol. The van der Waals surface area contributed by atoms with Gasteiger partial charge < -0.3 is 10.1 Å². The van der Waals surface area contributed by atoms with E-state index in [1.165, 1.54) is 31.4 Å². The molecule has 2 aliphatic rings. The Kier molecular flexibility index (Phi) is 5.88. The Morgan fingerprint density at radius 3 is 2.58 bits per heavy atom. The van der Waals surface area contributed by atoms with Gasteiger partial charge in [0.15, 0.2) is 0 Å². The Hall–Kier alpha value is -1.99. The zero-order valence-electron chi connectivity index (χ0n) is 15.3. The molecule has 1 aliphatic carbocycles. The molecule has 7 heteroatoms. The average Bonchev–Trinajstić information content (AvgIpc) is 2.67. The van der Waals surface area contributed by atoms with Gasteiger partial charge in [-0.2, -0.15) is 0 Å². The third kappa shape index (κ3) is 4.04. The first kappa shape index (κ1) is 18.8. The predicted octanol–water partition coefficient (Wildman–Crippen LogP) is 2.67. The lowest BCUT2D eigenvalue weighted by Gasteiger charge is -2.48. The fourth-order valence-corrected chi connectivity index (χ4v) is 4.20. The van der Waals surface area contributed by atoms with Gasteiger partial charge in [-0.15, -0.1) is 0 Å². The summed E-state index contributed by atoms with van der Waals surface area (Å²) in [5.41, 5.74) is 1.02. The zero-order valence-corrected chi connectivity index (χ0v) is 15.3. The fraction of sp³-hybridized carbons (Fsp3) is 0.632. The van der Waals surface area contributed by atoms with Gasteiger partial charge in [0, 0.05) is 42.4 Å². The first-order valence-electron chi connectivity index (χ1n) is 9.38. The van der Waals surface area contributed by atoms with Gasteiger partial charge in [-0.25, -0.2) is 0 Å². The third-order valence-corrected chi connectivity index (χ3v) is 5.70. The quantitative estimate of drug-likeness (QED) is 0.644. The van der Waals surface area contributed by atoms with E-state index in [1.54, 1.807) is 13.0 Å². The molecule has 26 heavy (non-hydrogen) atoms. The van der Waals surface area contributed by atoms with Crippen LogP contribution >= 0.6 is 0 Å². The molecule has 1 N–H and O–H groups in total. The van der Waals surface area contributed by atoms with E-state index in [9.17, 15) is 14.9 Å². The van der Waals surface area contributed by atoms with Crippen molar-refractivity contribution in [1.29, 1.82) is 0 Å². The van der Waals surface area contributed by atoms with E-state index in [0.717, 1.165) is 39.1 Å². The summed E-state index contributed by atoms with van der Waals surface area (Å²) in [5.74, 6) is -0.166. The first-order valence-corrected chi connectivity index (χ1v) is 9.38. The smallest absolute Gasteiger partial charge is 0.272 e. The highest BCUT2D eigenvalue weighted by atomic mass is 16.6. The van der Waals surface area contributed by atoms with E-state index in [-0.39, 0.29) is 17.1 Å². The molecule has 0 unspecified atom stereocenters. The van der Waals surface area contributed by atoms with Crippen LogP contribution in [0.15, 0.2) is 18.2 Å². The van der Waals surface area contributed by atoms with Gasteiger partial charge in [0.1, 0.15) is 0 Å². The molecule has 1 saturated carbocycles. The molecule has 0 atom stereocenters. The molecule has 0 radical (unpaired) electrons. The van der Waals surface area contributed by atoms with E-state index in [1.807, 2.05) is 0 Å². The molecular weight excluding hydrogens is 334 g/mol. The standard InChI is InChI=1S/C19H27N3O4/c1-15-13-16(5-6-17(15)22(24)25)18(23)20-14-19(7-3-2-4-8-19)21-9-11-26-12-10-21/h5-6,13H,2-4,7-12,14H2,1H3,(H,20,23). The van der Waals surface area contributed by atoms with Crippen LogP contribution in [0.2, 0.25) is 0 Å². The van der Waals surface area contributed by atoms with Gasteiger partial charge in [-0.05, 0) is 31.9 Å². The number of morpholine rings is 1. The maximum absolute atomic E-state index is 12.6. The fourth-order valence-electron chi connectivity index (χ4n) is 4.20. The summed E-state index contributed by atoms with van der Waals surface area (Å²) >= 11 is 0. The van der Waals surface area contributed by atoms with Crippen molar-refractivity contribution in [3.05, 3.63) is 39.4 Å². The second-order valence-electron chi connectivity index (χ2n) is 7.33. The Labute approximate surface area is 153 Å². The van der Waals surface area contributed by atoms with Gasteiger partial charge in [-0.1, -0.05) is 19.3 Å². The summed E-state index contributed by atoms with van der Waals surface area (Å²) in [6, 6.07) is 4.53. The van der Waals surface area contributed by atoms with Crippen LogP contribution in [0.25, 0.3) is 0 Å². The van der Waals surface area contributed by atoms with Crippen molar-refractivity contribution < 1.29 is 14.5 Å². The topological polar surface area (TPSA) is 84.7 Å². The molecule has 1 saturated heterocycles. The number of hydrogen-bond donors (Lipinski definition) is 1. The van der Waals surface area contributed by atoms with Gasteiger partial charge in [0.05, 0.1) is 18.1 Å². The summed E-state index contributed by atoms with van der Waals surface area (Å²) in [4.78, 5) is 25.6. The summed E-state index contributed by atoms with van der Waals surface area (Å²) in [6.07, 6.45) is 5.80. The SMILES string of the molecule is Cc1cc(C(=O)NCC2(N3CCOCC3)CCCCC2)ccc1[N+](=O)[O-]. The Balaban J connectivity index is 1.69. The number of rotatable bonds is 5. The lowest BCUT2D eigenvalue weighted by Crippen LogP contribution is -2.59. The first-order chi connectivity index (χ1) is 12.5. The number of carbonyl (C=O) groups is 1. The Morgan fingerprint density at radius 2 is 1.96 bits per heavy atom. The maximum atomic E-state index is 12.6. The number of amides is 1. The number of hydrogen-bond acceptors (Lipinski definition) is 5. The van der Waals surface area contributed by atoms with Crippen molar-refractivity contribution in [2.45, 2.75) is 44.6 Å². The summed E-state index contributed by atoms with van der Waals surface area (Å²) < 4.78 is 5.49. The van der Waals surface area contributed by atoms with Crippen LogP contribution in [0, 0.1) is 17.0 Å². The molecule has 0 bridgehead atoms. The minimum atomic E-state index is -0.424. The van der Waals surface area contributed by atoms with Crippen molar-refractivity contribution in [1.82, 2.24) is 10.2 Å². The number of nitrogens with zero attached hydrogens (tertiary/aromatic N) is 2. The number of aryl methyl sites for hydroxylation is 1. The second kappa shape index (κ2) is 8.14. The molecule has 1 aliphatic heterocycles. The lowest BCUT2D eigenvalue weighted by molar-refractivity contribution is -0.385. The number of nitrogens with one attached hydrogen (secondary N) is 1. The summed E-state index contributed by atoms with van der Waals surface area (Å²) in [7, 11) is 0. The zero-order chi connectivity index (χ0) is 18.6. The van der Waals surface area contributed by atoms with Crippen LogP contribution in [0.4, 0.5) is 5.69 Å². The summed E-state index contributed by atoms with van der Waals surface area (Å²) in [5, 5.41) is 14.0. The molecule has 0 spiro atoms. The van der Waals surface area contributed by atoms with E-state index < -0.39 is 4.92 Å². The summed E-state index contributed by atoms with van der Waals surface area (Å²) in [6.45, 7) is 5.58. The lowest BCUT2D eigenvalue weighted by atomic mass is 9.79. The number of nitro groups is 1. The number of nitro benzene ring substituents is 1. The molecule has 1 aromatic carbocycles. The van der Waals surface area contributed by atoms with Crippen molar-refractivity contribution in [3.63, 3.8) is 0 Å². The normalized spacial score (nSPS) is 20.5. The van der Waals surface area contributed by atoms with E-state index >= 15 is 0 Å². The molecule has 1 aromatic rings. The van der Waals surface area contributed by atoms with E-state index in [0.29, 0.717) is 17.7 Å². The van der Waals surface area contributed by atoms with Crippen LogP contribution in [0.1, 0.15) is 48.0 Å².